The molecule has 10 heteroatoms. The molecule has 7 rings (SSSR count). The van der Waals surface area contributed by atoms with Gasteiger partial charge in [-0.15, -0.1) is 0 Å². The van der Waals surface area contributed by atoms with Gasteiger partial charge in [-0.2, -0.15) is 0 Å². The fourth-order valence-electron chi connectivity index (χ4n) is 8.76. The minimum absolute atomic E-state index is 0. The molecule has 0 saturated heterocycles. The molecule has 356 valence electrons. The topological polar surface area (TPSA) is 54.5 Å². The third-order valence-corrected chi connectivity index (χ3v) is 11.9. The van der Waals surface area contributed by atoms with Crippen molar-refractivity contribution in [3.05, 3.63) is 154 Å². The average molecular weight is 938 g/mol. The normalized spacial score (nSPS) is 12.5. The molecule has 1 aliphatic rings. The van der Waals surface area contributed by atoms with Gasteiger partial charge in [-0.1, -0.05) is 64.1 Å². The van der Waals surface area contributed by atoms with Crippen LogP contribution in [-0.2, 0) is 49.9 Å². The van der Waals surface area contributed by atoms with Crippen LogP contribution < -0.4 is 52.9 Å². The van der Waals surface area contributed by atoms with Crippen LogP contribution in [0.1, 0.15) is 151 Å². The number of rotatable bonds is 16. The molecule has 0 spiro atoms. The number of fused-ring (bicyclic) bond motifs is 8. The maximum Gasteiger partial charge on any atom is 0.244 e. The van der Waals surface area contributed by atoms with Gasteiger partial charge in [0.2, 0.25) is 12.7 Å². The zero-order valence-corrected chi connectivity index (χ0v) is 42.8. The second-order valence-corrected chi connectivity index (χ2v) is 19.7. The van der Waals surface area contributed by atoms with E-state index in [-0.39, 0.29) is 35.9 Å². The molecular weight excluding hydrogens is 864 g/mol. The highest BCUT2D eigenvalue weighted by Gasteiger charge is 2.26. The highest BCUT2D eigenvalue weighted by Crippen LogP contribution is 2.40. The average Bonchev–Trinajstić information content (AvgIpc) is 3.93. The summed E-state index contributed by atoms with van der Waals surface area (Å²) < 4.78 is 36.5. The number of hydrogen-bond donors (Lipinski definition) is 0. The summed E-state index contributed by atoms with van der Waals surface area (Å²) in [6.45, 7) is 26.2. The van der Waals surface area contributed by atoms with E-state index in [1.807, 2.05) is 0 Å². The maximum absolute atomic E-state index is 6.86. The van der Waals surface area contributed by atoms with Crippen molar-refractivity contribution in [1.82, 2.24) is 9.13 Å². The molecule has 0 saturated carbocycles. The Morgan fingerprint density at radius 3 is 0.955 bits per heavy atom. The predicted octanol–water partition coefficient (Wildman–Crippen LogP) is 5.31. The van der Waals surface area contributed by atoms with Crippen molar-refractivity contribution in [2.45, 2.75) is 145 Å². The Kier molecular flexibility index (Phi) is 18.3. The minimum Gasteiger partial charge on any atom is -1.00 e. The summed E-state index contributed by atoms with van der Waals surface area (Å²) in [7, 11) is 0. The zero-order valence-electron chi connectivity index (χ0n) is 41.3. The summed E-state index contributed by atoms with van der Waals surface area (Å²) in [5.74, 6) is 3.87. The van der Waals surface area contributed by atoms with E-state index < -0.39 is 0 Å². The van der Waals surface area contributed by atoms with Crippen LogP contribution >= 0.6 is 0 Å². The van der Waals surface area contributed by atoms with Crippen LogP contribution in [0.2, 0.25) is 0 Å². The van der Waals surface area contributed by atoms with Gasteiger partial charge in [0, 0.05) is 25.7 Å². The third kappa shape index (κ3) is 12.7. The molecular formula is C56H74Cl2N4O4. The molecule has 0 aliphatic heterocycles. The molecule has 0 amide bonds. The number of ether oxygens (including phenoxy) is 4. The molecule has 4 aromatic carbocycles. The fourth-order valence-corrected chi connectivity index (χ4v) is 8.76. The molecule has 8 bridgehead atoms. The summed E-state index contributed by atoms with van der Waals surface area (Å²) >= 11 is 0. The van der Waals surface area contributed by atoms with Gasteiger partial charge in [0.15, 0.2) is 0 Å². The van der Waals surface area contributed by atoms with E-state index in [4.69, 9.17) is 18.9 Å². The molecule has 2 heterocycles. The Hall–Kier alpha value is -4.92. The Bertz CT molecular complexity index is 2250. The number of aromatic nitrogens is 4. The number of para-hydroxylation sites is 2. The molecule has 1 aliphatic carbocycles. The van der Waals surface area contributed by atoms with Crippen LogP contribution in [-0.4, -0.2) is 35.6 Å². The molecule has 2 aromatic heterocycles. The first-order valence-corrected chi connectivity index (χ1v) is 23.9. The predicted molar refractivity (Wildman–Crippen MR) is 258 cm³/mol. The molecule has 0 unspecified atom stereocenters. The van der Waals surface area contributed by atoms with Gasteiger partial charge in [-0.05, 0) is 147 Å². The van der Waals surface area contributed by atoms with Gasteiger partial charge >= 0.3 is 0 Å². The van der Waals surface area contributed by atoms with Crippen LogP contribution in [0.3, 0.4) is 0 Å². The maximum atomic E-state index is 6.86. The monoisotopic (exact) mass is 937 g/mol. The number of imidazole rings is 2. The van der Waals surface area contributed by atoms with Crippen molar-refractivity contribution >= 4 is 0 Å². The first kappa shape index (κ1) is 52.1. The molecule has 0 atom stereocenters. The SMILES string of the molecule is CCCOc1c2cccc1Cc1cc(C[n+]3ccn(C(C)(C)C)c3)cc(c1OCCC)Cc1cccc(c1OCCC)Cc1cc(C[n+]3ccn(C(C)(C)C)c3)cc(c1OCCC)C2.[Cl-].[Cl-]. The Morgan fingerprint density at radius 1 is 0.439 bits per heavy atom. The molecule has 6 aromatic rings. The quantitative estimate of drug-likeness (QED) is 0.124. The lowest BCUT2D eigenvalue weighted by Crippen LogP contribution is -3.00. The Morgan fingerprint density at radius 2 is 0.712 bits per heavy atom. The lowest BCUT2D eigenvalue weighted by atomic mass is 9.89. The van der Waals surface area contributed by atoms with E-state index in [1.165, 1.54) is 33.4 Å². The van der Waals surface area contributed by atoms with Gasteiger partial charge in [0.1, 0.15) is 72.0 Å². The summed E-state index contributed by atoms with van der Waals surface area (Å²) in [5, 5.41) is 0. The largest absolute Gasteiger partial charge is 1.00 e. The highest BCUT2D eigenvalue weighted by molar-refractivity contribution is 5.57. The summed E-state index contributed by atoms with van der Waals surface area (Å²) in [4.78, 5) is 0. The van der Waals surface area contributed by atoms with E-state index in [1.54, 1.807) is 0 Å². The van der Waals surface area contributed by atoms with Crippen molar-refractivity contribution in [2.24, 2.45) is 0 Å². The standard InChI is InChI=1S/C56H74N4O4.2ClH/c1-11-25-61-51-43-17-15-18-44(51)34-48-30-42(38-58-22-24-60(40-58)56(8,9)10)32-50(54(48)64-28-14-4)36-46-20-16-19-45(52(46)62-26-12-2)35-49-31-41(29-47(33-43)53(49)63-27-13-3)37-57-21-23-59(39-57)55(5,6)7;;/h15-24,29-32,39-40H,11-14,25-28,33-38H2,1-10H3;2*1H/q+2;;/p-2. The minimum atomic E-state index is -0.00940. The smallest absolute Gasteiger partial charge is 0.244 e. The second-order valence-electron chi connectivity index (χ2n) is 19.7. The Labute approximate surface area is 408 Å². The van der Waals surface area contributed by atoms with E-state index in [0.717, 1.165) is 84.0 Å². The van der Waals surface area contributed by atoms with Crippen LogP contribution in [0.5, 0.6) is 23.0 Å². The number of hydrogen-bond acceptors (Lipinski definition) is 4. The van der Waals surface area contributed by atoms with Gasteiger partial charge in [-0.25, -0.2) is 18.3 Å². The van der Waals surface area contributed by atoms with Gasteiger partial charge in [0.25, 0.3) is 0 Å². The van der Waals surface area contributed by atoms with Crippen molar-refractivity contribution < 1.29 is 52.9 Å². The van der Waals surface area contributed by atoms with Crippen molar-refractivity contribution in [3.8, 4) is 23.0 Å². The van der Waals surface area contributed by atoms with Gasteiger partial charge < -0.3 is 43.8 Å². The first-order chi connectivity index (χ1) is 30.8. The third-order valence-electron chi connectivity index (χ3n) is 11.9. The van der Waals surface area contributed by atoms with Crippen molar-refractivity contribution in [2.75, 3.05) is 26.4 Å². The van der Waals surface area contributed by atoms with Crippen LogP contribution in [0, 0.1) is 0 Å². The lowest BCUT2D eigenvalue weighted by molar-refractivity contribution is -0.688. The lowest BCUT2D eigenvalue weighted by Gasteiger charge is -2.23. The van der Waals surface area contributed by atoms with E-state index in [9.17, 15) is 0 Å². The molecule has 0 N–H and O–H groups in total. The van der Waals surface area contributed by atoms with Gasteiger partial charge in [-0.3, -0.25) is 0 Å². The van der Waals surface area contributed by atoms with Crippen LogP contribution in [0.4, 0.5) is 0 Å². The van der Waals surface area contributed by atoms with Crippen molar-refractivity contribution in [3.63, 3.8) is 0 Å². The second kappa shape index (κ2) is 23.2. The van der Waals surface area contributed by atoms with Crippen LogP contribution in [0.15, 0.2) is 98.1 Å². The van der Waals surface area contributed by atoms with Crippen LogP contribution in [0.25, 0.3) is 0 Å². The highest BCUT2D eigenvalue weighted by atomic mass is 35.5. The van der Waals surface area contributed by atoms with Gasteiger partial charge in [0.05, 0.1) is 26.4 Å². The molecule has 8 nitrogen and oxygen atoms in total. The number of benzene rings is 4. The zero-order chi connectivity index (χ0) is 45.4. The molecule has 0 fully saturated rings. The number of halogens is 2. The summed E-state index contributed by atoms with van der Waals surface area (Å²) in [6.07, 6.45) is 19.5. The van der Waals surface area contributed by atoms with Crippen molar-refractivity contribution in [1.29, 1.82) is 0 Å². The number of nitrogens with zero attached hydrogens (tertiary/aromatic N) is 4. The summed E-state index contributed by atoms with van der Waals surface area (Å²) in [6, 6.07) is 22.9. The summed E-state index contributed by atoms with van der Waals surface area (Å²) in [5.41, 5.74) is 11.8. The first-order valence-electron chi connectivity index (χ1n) is 23.9. The molecule has 0 radical (unpaired) electrons. The Balaban J connectivity index is 0.00000408. The molecule has 66 heavy (non-hydrogen) atoms. The van der Waals surface area contributed by atoms with E-state index in [0.29, 0.717) is 52.1 Å². The van der Waals surface area contributed by atoms with E-state index in [2.05, 4.69) is 186 Å². The fraction of sp³-hybridized carbons (Fsp3) is 0.464. The van der Waals surface area contributed by atoms with E-state index >= 15 is 0 Å².